The van der Waals surface area contributed by atoms with Gasteiger partial charge in [0.15, 0.2) is 0 Å². The molecule has 2 unspecified atom stereocenters. The first-order chi connectivity index (χ1) is 6.15. The highest BCUT2D eigenvalue weighted by Crippen LogP contribution is 2.10. The second kappa shape index (κ2) is 4.55. The summed E-state index contributed by atoms with van der Waals surface area (Å²) >= 11 is 0. The van der Waals surface area contributed by atoms with Gasteiger partial charge in [-0.15, -0.1) is 0 Å². The summed E-state index contributed by atoms with van der Waals surface area (Å²) in [5, 5.41) is 18.3. The Morgan fingerprint density at radius 1 is 1.46 bits per heavy atom. The molecule has 0 spiro atoms. The number of hydrogen-bond acceptors (Lipinski definition) is 4. The minimum Gasteiger partial charge on any atom is -0.388 e. The van der Waals surface area contributed by atoms with Gasteiger partial charge in [-0.3, -0.25) is 4.79 Å². The zero-order chi connectivity index (χ0) is 9.84. The summed E-state index contributed by atoms with van der Waals surface area (Å²) in [7, 11) is 1.53. The van der Waals surface area contributed by atoms with Crippen molar-refractivity contribution in [2.75, 3.05) is 26.8 Å². The minimum atomic E-state index is -0.800. The SMILES string of the molecule is COCCC(=O)N1CC(O)C(O)C1. The molecule has 1 rings (SSSR count). The average molecular weight is 189 g/mol. The van der Waals surface area contributed by atoms with Crippen LogP contribution in [0.5, 0.6) is 0 Å². The molecule has 1 heterocycles. The minimum absolute atomic E-state index is 0.0857. The Labute approximate surface area is 76.9 Å². The smallest absolute Gasteiger partial charge is 0.225 e. The van der Waals surface area contributed by atoms with Gasteiger partial charge in [0, 0.05) is 20.2 Å². The van der Waals surface area contributed by atoms with E-state index in [9.17, 15) is 4.79 Å². The van der Waals surface area contributed by atoms with Gasteiger partial charge < -0.3 is 19.8 Å². The standard InChI is InChI=1S/C8H15NO4/c1-13-3-2-8(12)9-4-6(10)7(11)5-9/h6-7,10-11H,2-5H2,1H3. The lowest BCUT2D eigenvalue weighted by Gasteiger charge is -2.14. The predicted octanol–water partition coefficient (Wildman–Crippen LogP) is -1.41. The molecule has 0 aromatic rings. The van der Waals surface area contributed by atoms with Gasteiger partial charge in [-0.2, -0.15) is 0 Å². The van der Waals surface area contributed by atoms with Crippen molar-refractivity contribution < 1.29 is 19.7 Å². The summed E-state index contributed by atoms with van der Waals surface area (Å²) in [4.78, 5) is 12.8. The molecule has 1 fully saturated rings. The van der Waals surface area contributed by atoms with Crippen LogP contribution in [-0.2, 0) is 9.53 Å². The number of aliphatic hydroxyl groups excluding tert-OH is 2. The topological polar surface area (TPSA) is 70.0 Å². The molecule has 2 N–H and O–H groups in total. The van der Waals surface area contributed by atoms with Gasteiger partial charge in [0.1, 0.15) is 0 Å². The van der Waals surface area contributed by atoms with Crippen molar-refractivity contribution in [3.8, 4) is 0 Å². The largest absolute Gasteiger partial charge is 0.388 e. The number of amides is 1. The second-order valence-electron chi connectivity index (χ2n) is 3.18. The van der Waals surface area contributed by atoms with Crippen LogP contribution in [0.2, 0.25) is 0 Å². The number of aliphatic hydroxyl groups is 2. The maximum absolute atomic E-state index is 11.3. The zero-order valence-corrected chi connectivity index (χ0v) is 7.64. The molecule has 0 saturated carbocycles. The van der Waals surface area contributed by atoms with E-state index in [2.05, 4.69) is 0 Å². The maximum atomic E-state index is 11.3. The molecule has 13 heavy (non-hydrogen) atoms. The van der Waals surface area contributed by atoms with Gasteiger partial charge >= 0.3 is 0 Å². The lowest BCUT2D eigenvalue weighted by atomic mass is 10.3. The molecule has 1 aliphatic rings. The summed E-state index contributed by atoms with van der Waals surface area (Å²) in [6, 6.07) is 0. The predicted molar refractivity (Wildman–Crippen MR) is 45.1 cm³/mol. The normalized spacial score (nSPS) is 28.1. The molecule has 0 radical (unpaired) electrons. The van der Waals surface area contributed by atoms with Crippen molar-refractivity contribution in [1.29, 1.82) is 0 Å². The van der Waals surface area contributed by atoms with Gasteiger partial charge in [-0.1, -0.05) is 0 Å². The second-order valence-corrected chi connectivity index (χ2v) is 3.18. The Kier molecular flexibility index (Phi) is 3.65. The van der Waals surface area contributed by atoms with Gasteiger partial charge in [0.05, 0.1) is 25.2 Å². The van der Waals surface area contributed by atoms with Crippen molar-refractivity contribution in [3.63, 3.8) is 0 Å². The number of hydrogen-bond donors (Lipinski definition) is 2. The maximum Gasteiger partial charge on any atom is 0.225 e. The third-order valence-corrected chi connectivity index (χ3v) is 2.13. The highest BCUT2D eigenvalue weighted by molar-refractivity contribution is 5.76. The van der Waals surface area contributed by atoms with Gasteiger partial charge in [0.25, 0.3) is 0 Å². The van der Waals surface area contributed by atoms with E-state index < -0.39 is 12.2 Å². The number of β-amino-alcohol motifs (C(OH)–C–C–N with tert-alkyl or cyclic N) is 2. The summed E-state index contributed by atoms with van der Waals surface area (Å²) in [5.74, 6) is -0.0857. The van der Waals surface area contributed by atoms with Crippen LogP contribution in [0.25, 0.3) is 0 Å². The molecule has 1 aliphatic heterocycles. The number of rotatable bonds is 3. The molecule has 0 aromatic heterocycles. The van der Waals surface area contributed by atoms with E-state index in [-0.39, 0.29) is 19.0 Å². The monoisotopic (exact) mass is 189 g/mol. The highest BCUT2D eigenvalue weighted by Gasteiger charge is 2.31. The number of carbonyl (C=O) groups excluding carboxylic acids is 1. The van der Waals surface area contributed by atoms with Crippen LogP contribution in [0, 0.1) is 0 Å². The summed E-state index contributed by atoms with van der Waals surface area (Å²) in [6.45, 7) is 0.828. The Hall–Kier alpha value is -0.650. The van der Waals surface area contributed by atoms with E-state index in [1.165, 1.54) is 12.0 Å². The fourth-order valence-electron chi connectivity index (χ4n) is 1.32. The van der Waals surface area contributed by atoms with E-state index in [1.807, 2.05) is 0 Å². The molecular formula is C8H15NO4. The van der Waals surface area contributed by atoms with Crippen LogP contribution in [0.3, 0.4) is 0 Å². The Morgan fingerprint density at radius 3 is 2.46 bits per heavy atom. The third kappa shape index (κ3) is 2.65. The molecule has 76 valence electrons. The number of likely N-dealkylation sites (tertiary alicyclic amines) is 1. The summed E-state index contributed by atoms with van der Waals surface area (Å²) in [5.41, 5.74) is 0. The van der Waals surface area contributed by atoms with Crippen LogP contribution in [0.15, 0.2) is 0 Å². The van der Waals surface area contributed by atoms with E-state index in [4.69, 9.17) is 14.9 Å². The number of nitrogens with zero attached hydrogens (tertiary/aromatic N) is 1. The average Bonchev–Trinajstić information content (AvgIpc) is 2.43. The van der Waals surface area contributed by atoms with Crippen molar-refractivity contribution in [2.45, 2.75) is 18.6 Å². The molecular weight excluding hydrogens is 174 g/mol. The quantitative estimate of drug-likeness (QED) is 0.572. The molecule has 5 nitrogen and oxygen atoms in total. The number of carbonyl (C=O) groups is 1. The van der Waals surface area contributed by atoms with Crippen molar-refractivity contribution in [2.24, 2.45) is 0 Å². The van der Waals surface area contributed by atoms with Crippen LogP contribution in [0.1, 0.15) is 6.42 Å². The Balaban J connectivity index is 2.33. The Morgan fingerprint density at radius 2 is 2.00 bits per heavy atom. The molecule has 2 atom stereocenters. The first kappa shape index (κ1) is 10.4. The molecule has 0 bridgehead atoms. The van der Waals surface area contributed by atoms with Crippen molar-refractivity contribution in [3.05, 3.63) is 0 Å². The molecule has 0 aliphatic carbocycles. The van der Waals surface area contributed by atoms with Crippen molar-refractivity contribution in [1.82, 2.24) is 4.90 Å². The number of ether oxygens (including phenoxy) is 1. The van der Waals surface area contributed by atoms with E-state index in [0.29, 0.717) is 13.0 Å². The lowest BCUT2D eigenvalue weighted by molar-refractivity contribution is -0.131. The van der Waals surface area contributed by atoms with Crippen LogP contribution in [0.4, 0.5) is 0 Å². The van der Waals surface area contributed by atoms with Gasteiger partial charge in [-0.05, 0) is 0 Å². The highest BCUT2D eigenvalue weighted by atomic mass is 16.5. The first-order valence-corrected chi connectivity index (χ1v) is 4.28. The number of methoxy groups -OCH3 is 1. The van der Waals surface area contributed by atoms with Crippen LogP contribution < -0.4 is 0 Å². The fourth-order valence-corrected chi connectivity index (χ4v) is 1.32. The summed E-state index contributed by atoms with van der Waals surface area (Å²) < 4.78 is 4.75. The van der Waals surface area contributed by atoms with Gasteiger partial charge in [-0.25, -0.2) is 0 Å². The zero-order valence-electron chi connectivity index (χ0n) is 7.64. The third-order valence-electron chi connectivity index (χ3n) is 2.13. The van der Waals surface area contributed by atoms with E-state index in [0.717, 1.165) is 0 Å². The lowest BCUT2D eigenvalue weighted by Crippen LogP contribution is -2.30. The molecule has 1 saturated heterocycles. The molecule has 0 aromatic carbocycles. The summed E-state index contributed by atoms with van der Waals surface area (Å²) in [6.07, 6.45) is -1.30. The van der Waals surface area contributed by atoms with Crippen LogP contribution in [-0.4, -0.2) is 60.0 Å². The molecule has 5 heteroatoms. The van der Waals surface area contributed by atoms with E-state index >= 15 is 0 Å². The Bertz CT molecular complexity index is 175. The molecule has 1 amide bonds. The van der Waals surface area contributed by atoms with Crippen LogP contribution >= 0.6 is 0 Å². The van der Waals surface area contributed by atoms with E-state index in [1.54, 1.807) is 0 Å². The fraction of sp³-hybridized carbons (Fsp3) is 0.875. The van der Waals surface area contributed by atoms with Crippen molar-refractivity contribution >= 4 is 5.91 Å². The first-order valence-electron chi connectivity index (χ1n) is 4.28. The van der Waals surface area contributed by atoms with Gasteiger partial charge in [0.2, 0.25) is 5.91 Å².